The zero-order chi connectivity index (χ0) is 19.8. The van der Waals surface area contributed by atoms with Crippen LogP contribution in [0.25, 0.3) is 6.08 Å². The Balaban J connectivity index is 2.15. The van der Waals surface area contributed by atoms with Gasteiger partial charge in [-0.15, -0.1) is 0 Å². The normalized spacial score (nSPS) is 10.8. The second kappa shape index (κ2) is 9.41. The number of nitrogens with zero attached hydrogens (tertiary/aromatic N) is 1. The van der Waals surface area contributed by atoms with Crippen molar-refractivity contribution in [3.8, 4) is 11.8 Å². The van der Waals surface area contributed by atoms with Crippen molar-refractivity contribution in [3.05, 3.63) is 64.2 Å². The first-order chi connectivity index (χ1) is 12.9. The minimum absolute atomic E-state index is 0.0299. The van der Waals surface area contributed by atoms with E-state index < -0.39 is 11.9 Å². The van der Waals surface area contributed by atoms with Crippen molar-refractivity contribution in [3.63, 3.8) is 0 Å². The van der Waals surface area contributed by atoms with Gasteiger partial charge in [-0.25, -0.2) is 0 Å². The minimum Gasteiger partial charge on any atom is -0.493 e. The molecule has 0 atom stereocenters. The van der Waals surface area contributed by atoms with E-state index in [9.17, 15) is 14.9 Å². The first-order valence-electron chi connectivity index (χ1n) is 8.03. The Kier molecular flexibility index (Phi) is 6.98. The molecule has 1 amide bonds. The van der Waals surface area contributed by atoms with Crippen LogP contribution in [-0.4, -0.2) is 23.6 Å². The number of ether oxygens (including phenoxy) is 1. The third-order valence-corrected chi connectivity index (χ3v) is 4.04. The summed E-state index contributed by atoms with van der Waals surface area (Å²) in [5.41, 5.74) is 1.73. The number of aliphatic carboxylic acids is 1. The van der Waals surface area contributed by atoms with Gasteiger partial charge in [0.2, 0.25) is 0 Å². The van der Waals surface area contributed by atoms with Crippen LogP contribution in [0.5, 0.6) is 5.75 Å². The van der Waals surface area contributed by atoms with E-state index in [1.54, 1.807) is 49.4 Å². The summed E-state index contributed by atoms with van der Waals surface area (Å²) in [6.45, 7) is 1.80. The molecule has 0 bridgehead atoms. The smallest absolute Gasteiger partial charge is 0.306 e. The van der Waals surface area contributed by atoms with Gasteiger partial charge in [-0.3, -0.25) is 9.59 Å². The SMILES string of the molecule is Cc1c(Cl)cccc1NC(=O)/C(C#N)=C\c1cccc(OCCC(=O)O)c1. The molecule has 0 saturated heterocycles. The molecule has 0 aliphatic rings. The summed E-state index contributed by atoms with van der Waals surface area (Å²) in [4.78, 5) is 22.9. The zero-order valence-electron chi connectivity index (χ0n) is 14.5. The lowest BCUT2D eigenvalue weighted by atomic mass is 10.1. The Morgan fingerprint density at radius 3 is 2.74 bits per heavy atom. The molecular formula is C20H17ClN2O4. The molecule has 6 nitrogen and oxygen atoms in total. The molecule has 0 aromatic heterocycles. The van der Waals surface area contributed by atoms with Crippen molar-refractivity contribution in [1.29, 1.82) is 5.26 Å². The Morgan fingerprint density at radius 1 is 1.30 bits per heavy atom. The van der Waals surface area contributed by atoms with Crippen LogP contribution < -0.4 is 10.1 Å². The monoisotopic (exact) mass is 384 g/mol. The first kappa shape index (κ1) is 20.0. The van der Waals surface area contributed by atoms with Crippen molar-refractivity contribution < 1.29 is 19.4 Å². The summed E-state index contributed by atoms with van der Waals surface area (Å²) in [5.74, 6) is -1.06. The fraction of sp³-hybridized carbons (Fsp3) is 0.150. The number of carboxylic acids is 1. The lowest BCUT2D eigenvalue weighted by molar-refractivity contribution is -0.137. The van der Waals surface area contributed by atoms with E-state index in [2.05, 4.69) is 5.32 Å². The highest BCUT2D eigenvalue weighted by molar-refractivity contribution is 6.31. The highest BCUT2D eigenvalue weighted by Gasteiger charge is 2.12. The number of nitrogens with one attached hydrogen (secondary N) is 1. The molecule has 0 fully saturated rings. The van der Waals surface area contributed by atoms with E-state index in [0.717, 1.165) is 0 Å². The summed E-state index contributed by atoms with van der Waals surface area (Å²) in [5, 5.41) is 21.2. The number of carboxylic acid groups (broad SMARTS) is 1. The van der Waals surface area contributed by atoms with Crippen LogP contribution in [0.15, 0.2) is 48.0 Å². The number of nitriles is 1. The van der Waals surface area contributed by atoms with Crippen molar-refractivity contribution in [2.24, 2.45) is 0 Å². The molecule has 0 spiro atoms. The van der Waals surface area contributed by atoms with Crippen LogP contribution >= 0.6 is 11.6 Å². The van der Waals surface area contributed by atoms with Gasteiger partial charge in [-0.1, -0.05) is 29.8 Å². The maximum Gasteiger partial charge on any atom is 0.306 e. The maximum atomic E-state index is 12.4. The van der Waals surface area contributed by atoms with Crippen LogP contribution in [0.1, 0.15) is 17.5 Å². The highest BCUT2D eigenvalue weighted by Crippen LogP contribution is 2.23. The summed E-state index contributed by atoms with van der Waals surface area (Å²) >= 11 is 6.04. The average Bonchev–Trinajstić information content (AvgIpc) is 2.63. The number of hydrogen-bond acceptors (Lipinski definition) is 4. The molecular weight excluding hydrogens is 368 g/mol. The molecule has 27 heavy (non-hydrogen) atoms. The maximum absolute atomic E-state index is 12.4. The number of hydrogen-bond donors (Lipinski definition) is 2. The molecule has 2 N–H and O–H groups in total. The van der Waals surface area contributed by atoms with Gasteiger partial charge in [-0.05, 0) is 48.4 Å². The third kappa shape index (κ3) is 5.87. The van der Waals surface area contributed by atoms with Crippen LogP contribution in [0.3, 0.4) is 0 Å². The lowest BCUT2D eigenvalue weighted by Gasteiger charge is -2.09. The number of benzene rings is 2. The Labute approximate surface area is 161 Å². The molecule has 138 valence electrons. The largest absolute Gasteiger partial charge is 0.493 e. The number of halogens is 1. The number of rotatable bonds is 7. The summed E-state index contributed by atoms with van der Waals surface area (Å²) < 4.78 is 5.35. The van der Waals surface area contributed by atoms with Gasteiger partial charge in [0.05, 0.1) is 13.0 Å². The fourth-order valence-corrected chi connectivity index (χ4v) is 2.37. The third-order valence-electron chi connectivity index (χ3n) is 3.63. The molecule has 2 aromatic carbocycles. The van der Waals surface area contributed by atoms with Crippen molar-refractivity contribution in [2.75, 3.05) is 11.9 Å². The average molecular weight is 385 g/mol. The molecule has 0 aliphatic heterocycles. The van der Waals surface area contributed by atoms with Gasteiger partial charge in [0.25, 0.3) is 5.91 Å². The fourth-order valence-electron chi connectivity index (χ4n) is 2.20. The van der Waals surface area contributed by atoms with Gasteiger partial charge >= 0.3 is 5.97 Å². The standard InChI is InChI=1S/C20H17ClN2O4/c1-13-17(21)6-3-7-18(13)23-20(26)15(12-22)10-14-4-2-5-16(11-14)27-9-8-19(24)25/h2-7,10-11H,8-9H2,1H3,(H,23,26)(H,24,25)/b15-10-. The second-order valence-electron chi connectivity index (χ2n) is 5.60. The predicted molar refractivity (Wildman–Crippen MR) is 103 cm³/mol. The zero-order valence-corrected chi connectivity index (χ0v) is 15.3. The van der Waals surface area contributed by atoms with E-state index in [4.69, 9.17) is 21.4 Å². The molecule has 0 radical (unpaired) electrons. The van der Waals surface area contributed by atoms with E-state index in [-0.39, 0.29) is 18.6 Å². The topological polar surface area (TPSA) is 99.4 Å². The van der Waals surface area contributed by atoms with Gasteiger partial charge in [0, 0.05) is 10.7 Å². The van der Waals surface area contributed by atoms with Crippen LogP contribution in [0.2, 0.25) is 5.02 Å². The number of carbonyl (C=O) groups excluding carboxylic acids is 1. The Hall–Kier alpha value is -3.30. The molecule has 7 heteroatoms. The van der Waals surface area contributed by atoms with E-state index in [1.165, 1.54) is 6.08 Å². The van der Waals surface area contributed by atoms with Crippen LogP contribution in [-0.2, 0) is 9.59 Å². The molecule has 0 heterocycles. The first-order valence-corrected chi connectivity index (χ1v) is 8.41. The number of amides is 1. The summed E-state index contributed by atoms with van der Waals surface area (Å²) in [7, 11) is 0. The van der Waals surface area contributed by atoms with E-state index >= 15 is 0 Å². The predicted octanol–water partition coefficient (Wildman–Crippen LogP) is 4.05. The molecule has 0 aliphatic carbocycles. The van der Waals surface area contributed by atoms with Crippen molar-refractivity contribution in [2.45, 2.75) is 13.3 Å². The molecule has 2 aromatic rings. The molecule has 0 saturated carbocycles. The van der Waals surface area contributed by atoms with Gasteiger partial charge in [-0.2, -0.15) is 5.26 Å². The summed E-state index contributed by atoms with van der Waals surface area (Å²) in [6, 6.07) is 13.7. The van der Waals surface area contributed by atoms with Crippen molar-refractivity contribution >= 4 is 35.2 Å². The second-order valence-corrected chi connectivity index (χ2v) is 6.01. The van der Waals surface area contributed by atoms with Gasteiger partial charge in [0.15, 0.2) is 0 Å². The van der Waals surface area contributed by atoms with Crippen molar-refractivity contribution in [1.82, 2.24) is 0 Å². The number of carbonyl (C=O) groups is 2. The van der Waals surface area contributed by atoms with E-state index in [1.807, 2.05) is 6.07 Å². The molecule has 2 rings (SSSR count). The highest BCUT2D eigenvalue weighted by atomic mass is 35.5. The Bertz CT molecular complexity index is 932. The number of anilines is 1. The van der Waals surface area contributed by atoms with Gasteiger partial charge < -0.3 is 15.2 Å². The van der Waals surface area contributed by atoms with Gasteiger partial charge in [0.1, 0.15) is 17.4 Å². The lowest BCUT2D eigenvalue weighted by Crippen LogP contribution is -2.14. The van der Waals surface area contributed by atoms with E-state index in [0.29, 0.717) is 27.6 Å². The molecule has 0 unspecified atom stereocenters. The van der Waals surface area contributed by atoms with Crippen LogP contribution in [0, 0.1) is 18.3 Å². The Morgan fingerprint density at radius 2 is 2.04 bits per heavy atom. The summed E-state index contributed by atoms with van der Waals surface area (Å²) in [6.07, 6.45) is 1.31. The quantitative estimate of drug-likeness (QED) is 0.554. The minimum atomic E-state index is -0.953. The van der Waals surface area contributed by atoms with Crippen LogP contribution in [0.4, 0.5) is 5.69 Å².